The Hall–Kier alpha value is -1.30. The second-order valence-electron chi connectivity index (χ2n) is 2.14. The summed E-state index contributed by atoms with van der Waals surface area (Å²) in [4.78, 5) is 11.8. The van der Waals surface area contributed by atoms with Crippen LogP contribution in [-0.4, -0.2) is 31.1 Å². The highest BCUT2D eigenvalue weighted by Gasteiger charge is 2.15. The summed E-state index contributed by atoms with van der Waals surface area (Å²) in [7, 11) is 0. The number of hydrogen-bond acceptors (Lipinski definition) is 5. The van der Waals surface area contributed by atoms with Gasteiger partial charge in [0.15, 0.2) is 5.82 Å². The fraction of sp³-hybridized carbons (Fsp3) is 0.167. The third-order valence-corrected chi connectivity index (χ3v) is 2.16. The number of aromatic nitrogens is 4. The fourth-order valence-corrected chi connectivity index (χ4v) is 1.44. The van der Waals surface area contributed by atoms with E-state index in [2.05, 4.69) is 15.0 Å². The highest BCUT2D eigenvalue weighted by Crippen LogP contribution is 2.25. The van der Waals surface area contributed by atoms with Crippen LogP contribution in [0.25, 0.3) is 11.5 Å². The number of nitrogens with zero attached hydrogens (tertiary/aromatic N) is 4. The van der Waals surface area contributed by atoms with Crippen molar-refractivity contribution in [2.45, 2.75) is 5.03 Å². The van der Waals surface area contributed by atoms with E-state index < -0.39 is 0 Å². The highest BCUT2D eigenvalue weighted by molar-refractivity contribution is 7.98. The predicted molar refractivity (Wildman–Crippen MR) is 43.4 cm³/mol. The molecule has 0 bridgehead atoms. The molecule has 0 aromatic carbocycles. The van der Waals surface area contributed by atoms with Gasteiger partial charge in [-0.25, -0.2) is 15.0 Å². The van der Waals surface area contributed by atoms with Gasteiger partial charge >= 0.3 is 0 Å². The van der Waals surface area contributed by atoms with E-state index in [1.165, 1.54) is 24.4 Å². The van der Waals surface area contributed by atoms with E-state index in [1.807, 2.05) is 6.26 Å². The number of imidazole rings is 1. The lowest BCUT2D eigenvalue weighted by Gasteiger charge is -2.04. The van der Waals surface area contributed by atoms with Crippen molar-refractivity contribution in [2.24, 2.45) is 0 Å². The molecule has 2 aliphatic rings. The van der Waals surface area contributed by atoms with E-state index in [1.54, 1.807) is 0 Å². The molecular formula is C6H6N4OS. The summed E-state index contributed by atoms with van der Waals surface area (Å²) in [6.07, 6.45) is 4.61. The summed E-state index contributed by atoms with van der Waals surface area (Å²) >= 11 is 1.47. The van der Waals surface area contributed by atoms with E-state index in [4.69, 9.17) is 0 Å². The molecule has 62 valence electrons. The lowest BCUT2D eigenvalue weighted by atomic mass is 10.4. The Labute approximate surface area is 72.8 Å². The Kier molecular flexibility index (Phi) is 1.61. The minimum absolute atomic E-state index is 0.439. The molecule has 0 spiro atoms. The van der Waals surface area contributed by atoms with Gasteiger partial charge in [-0.3, -0.25) is 0 Å². The molecule has 0 atom stereocenters. The smallest absolute Gasteiger partial charge is 0.199 e. The van der Waals surface area contributed by atoms with Gasteiger partial charge in [-0.1, -0.05) is 0 Å². The van der Waals surface area contributed by atoms with E-state index in [-0.39, 0.29) is 0 Å². The van der Waals surface area contributed by atoms with Gasteiger partial charge in [-0.2, -0.15) is 4.73 Å². The molecule has 2 heterocycles. The Bertz CT molecular complexity index is 374. The second-order valence-corrected chi connectivity index (χ2v) is 2.94. The molecule has 0 radical (unpaired) electrons. The first-order valence-corrected chi connectivity index (χ1v) is 4.46. The number of fused-ring (bicyclic) bond motifs is 1. The molecule has 2 aliphatic heterocycles. The molecule has 0 aliphatic carbocycles. The van der Waals surface area contributed by atoms with Crippen molar-refractivity contribution in [1.29, 1.82) is 0 Å². The van der Waals surface area contributed by atoms with Crippen LogP contribution < -0.4 is 0 Å². The zero-order chi connectivity index (χ0) is 8.55. The largest absolute Gasteiger partial charge is 0.425 e. The lowest BCUT2D eigenvalue weighted by molar-refractivity contribution is 0.181. The third kappa shape index (κ3) is 0.918. The second kappa shape index (κ2) is 2.63. The zero-order valence-corrected chi connectivity index (χ0v) is 7.12. The maximum absolute atomic E-state index is 9.22. The van der Waals surface area contributed by atoms with Crippen LogP contribution >= 0.6 is 11.8 Å². The summed E-state index contributed by atoms with van der Waals surface area (Å²) in [5.41, 5.74) is 0.632. The maximum Gasteiger partial charge on any atom is 0.199 e. The molecule has 0 amide bonds. The quantitative estimate of drug-likeness (QED) is 0.400. The van der Waals surface area contributed by atoms with Crippen molar-refractivity contribution in [1.82, 2.24) is 19.7 Å². The van der Waals surface area contributed by atoms with Crippen molar-refractivity contribution >= 4 is 11.8 Å². The Morgan fingerprint density at radius 3 is 3.00 bits per heavy atom. The molecule has 6 heteroatoms. The Morgan fingerprint density at radius 1 is 1.42 bits per heavy atom. The summed E-state index contributed by atoms with van der Waals surface area (Å²) in [5, 5.41) is 9.99. The normalized spacial score (nSPS) is 10.8. The van der Waals surface area contributed by atoms with Crippen LogP contribution in [-0.2, 0) is 0 Å². The molecule has 0 aromatic heterocycles. The first-order valence-electron chi connectivity index (χ1n) is 3.24. The van der Waals surface area contributed by atoms with Crippen molar-refractivity contribution in [3.05, 3.63) is 12.7 Å². The number of rotatable bonds is 1. The molecule has 12 heavy (non-hydrogen) atoms. The van der Waals surface area contributed by atoms with Crippen LogP contribution in [0.2, 0.25) is 0 Å². The Morgan fingerprint density at radius 2 is 2.25 bits per heavy atom. The van der Waals surface area contributed by atoms with E-state index in [0.29, 0.717) is 11.5 Å². The minimum Gasteiger partial charge on any atom is -0.425 e. The standard InChI is InChI=1S/C6H6N4OS/c1-12-6-4-5(8-2-7-4)10(11)3-9-6/h2-3,11H,1H3. The fourth-order valence-electron chi connectivity index (χ4n) is 0.951. The van der Waals surface area contributed by atoms with Gasteiger partial charge in [-0.05, 0) is 6.26 Å². The van der Waals surface area contributed by atoms with Crippen molar-refractivity contribution in [2.75, 3.05) is 6.26 Å². The summed E-state index contributed by atoms with van der Waals surface area (Å²) < 4.78 is 0.863. The van der Waals surface area contributed by atoms with Crippen molar-refractivity contribution in [3.8, 4) is 11.5 Å². The highest BCUT2D eigenvalue weighted by atomic mass is 32.2. The van der Waals surface area contributed by atoms with E-state index in [0.717, 1.165) is 9.76 Å². The summed E-state index contributed by atoms with van der Waals surface area (Å²) in [6.45, 7) is 0. The molecule has 0 saturated carbocycles. The molecule has 0 aromatic rings. The molecule has 0 unspecified atom stereocenters. The molecule has 0 saturated heterocycles. The third-order valence-electron chi connectivity index (χ3n) is 1.48. The monoisotopic (exact) mass is 182 g/mol. The van der Waals surface area contributed by atoms with Crippen LogP contribution in [0.5, 0.6) is 0 Å². The first-order chi connectivity index (χ1) is 5.83. The van der Waals surface area contributed by atoms with Crippen LogP contribution in [0.3, 0.4) is 0 Å². The molecular weight excluding hydrogens is 176 g/mol. The van der Waals surface area contributed by atoms with E-state index >= 15 is 0 Å². The van der Waals surface area contributed by atoms with Gasteiger partial charge in [0, 0.05) is 0 Å². The van der Waals surface area contributed by atoms with Gasteiger partial charge < -0.3 is 5.21 Å². The van der Waals surface area contributed by atoms with Crippen LogP contribution in [0.4, 0.5) is 0 Å². The molecule has 5 nitrogen and oxygen atoms in total. The van der Waals surface area contributed by atoms with Gasteiger partial charge in [0.1, 0.15) is 23.4 Å². The van der Waals surface area contributed by atoms with Crippen LogP contribution in [0.15, 0.2) is 17.7 Å². The number of thioether (sulfide) groups is 1. The number of hydrogen-bond donors (Lipinski definition) is 1. The molecule has 0 fully saturated rings. The average Bonchev–Trinajstić information content (AvgIpc) is 2.54. The van der Waals surface area contributed by atoms with Gasteiger partial charge in [0.25, 0.3) is 0 Å². The molecule has 2 rings (SSSR count). The first kappa shape index (κ1) is 7.35. The van der Waals surface area contributed by atoms with Crippen molar-refractivity contribution in [3.63, 3.8) is 0 Å². The predicted octanol–water partition coefficient (Wildman–Crippen LogP) is 0.737. The van der Waals surface area contributed by atoms with E-state index in [9.17, 15) is 5.21 Å². The average molecular weight is 182 g/mol. The van der Waals surface area contributed by atoms with Crippen LogP contribution in [0, 0.1) is 0 Å². The Balaban J connectivity index is 2.71. The SMILES string of the molecule is CSc1ncn(O)c2ncnc1-2. The van der Waals surface area contributed by atoms with Gasteiger partial charge in [0.2, 0.25) is 0 Å². The summed E-state index contributed by atoms with van der Waals surface area (Å²) in [6, 6.07) is 0. The summed E-state index contributed by atoms with van der Waals surface area (Å²) in [5.74, 6) is 0.439. The molecule has 1 N–H and O–H groups in total. The minimum atomic E-state index is 0.439. The van der Waals surface area contributed by atoms with Gasteiger partial charge in [0.05, 0.1) is 0 Å². The van der Waals surface area contributed by atoms with Gasteiger partial charge in [-0.15, -0.1) is 11.8 Å². The topological polar surface area (TPSA) is 63.8 Å². The van der Waals surface area contributed by atoms with Crippen LogP contribution in [0.1, 0.15) is 0 Å². The maximum atomic E-state index is 9.22. The zero-order valence-electron chi connectivity index (χ0n) is 6.30. The van der Waals surface area contributed by atoms with Crippen molar-refractivity contribution < 1.29 is 5.21 Å². The lowest BCUT2D eigenvalue weighted by Crippen LogP contribution is -2.02.